The molecule has 2 aliphatic heterocycles. The lowest BCUT2D eigenvalue weighted by Crippen LogP contribution is -2.72. The van der Waals surface area contributed by atoms with E-state index in [1.165, 1.54) is 103 Å². The minimum absolute atomic E-state index is 0.146. The minimum atomic E-state index is -2.90. The molecule has 0 spiro atoms. The van der Waals surface area contributed by atoms with Crippen molar-refractivity contribution in [3.63, 3.8) is 0 Å². The van der Waals surface area contributed by atoms with E-state index < -0.39 is 16.1 Å². The molecular formula is C64H49NSi2. The maximum Gasteiger partial charge on any atom is 0.180 e. The van der Waals surface area contributed by atoms with Gasteiger partial charge in [0.05, 0.1) is 0 Å². The lowest BCUT2D eigenvalue weighted by Gasteiger charge is -2.34. The van der Waals surface area contributed by atoms with E-state index in [1.807, 2.05) is 0 Å². The van der Waals surface area contributed by atoms with Crippen LogP contribution in [-0.2, 0) is 5.41 Å². The quantitative estimate of drug-likeness (QED) is 0.144. The lowest BCUT2D eigenvalue weighted by atomic mass is 9.82. The molecule has 10 aromatic carbocycles. The number of rotatable bonds is 7. The number of anilines is 3. The smallest absolute Gasteiger partial charge is 0.180 e. The van der Waals surface area contributed by atoms with Gasteiger partial charge in [0.15, 0.2) is 8.07 Å². The van der Waals surface area contributed by atoms with Crippen LogP contribution >= 0.6 is 0 Å². The molecular weight excluding hydrogens is 839 g/mol. The van der Waals surface area contributed by atoms with Gasteiger partial charge in [0.1, 0.15) is 8.07 Å². The molecule has 318 valence electrons. The van der Waals surface area contributed by atoms with Gasteiger partial charge in [-0.1, -0.05) is 227 Å². The Kier molecular flexibility index (Phi) is 8.89. The second-order valence-electron chi connectivity index (χ2n) is 19.3. The van der Waals surface area contributed by atoms with Gasteiger partial charge in [-0.2, -0.15) is 0 Å². The van der Waals surface area contributed by atoms with Crippen LogP contribution < -0.4 is 41.2 Å². The van der Waals surface area contributed by atoms with Gasteiger partial charge >= 0.3 is 0 Å². The maximum atomic E-state index is 2.56. The van der Waals surface area contributed by atoms with Gasteiger partial charge in [0.2, 0.25) is 0 Å². The average Bonchev–Trinajstić information content (AvgIpc) is 3.93. The lowest BCUT2D eigenvalue weighted by molar-refractivity contribution is 0.660. The fourth-order valence-corrected chi connectivity index (χ4v) is 21.8. The highest BCUT2D eigenvalue weighted by Crippen LogP contribution is 2.50. The number of hydrogen-bond acceptors (Lipinski definition) is 1. The first-order chi connectivity index (χ1) is 32.9. The predicted molar refractivity (Wildman–Crippen MR) is 289 cm³/mol. The van der Waals surface area contributed by atoms with Crippen molar-refractivity contribution in [2.75, 3.05) is 4.90 Å². The van der Waals surface area contributed by atoms with E-state index in [9.17, 15) is 0 Å². The second-order valence-corrected chi connectivity index (χ2v) is 27.0. The van der Waals surface area contributed by atoms with Crippen LogP contribution in [0.15, 0.2) is 243 Å². The first kappa shape index (κ1) is 39.8. The number of fused-ring (bicyclic) bond motifs is 9. The summed E-state index contributed by atoms with van der Waals surface area (Å²) in [6.07, 6.45) is 0. The largest absolute Gasteiger partial charge is 0.311 e. The molecule has 3 aliphatic rings. The van der Waals surface area contributed by atoms with Gasteiger partial charge in [0.25, 0.3) is 0 Å². The molecule has 0 fully saturated rings. The van der Waals surface area contributed by atoms with E-state index in [-0.39, 0.29) is 5.41 Å². The van der Waals surface area contributed by atoms with Crippen LogP contribution in [0, 0.1) is 0 Å². The fourth-order valence-electron chi connectivity index (χ4n) is 12.5. The Hall–Kier alpha value is -7.57. The van der Waals surface area contributed by atoms with E-state index in [4.69, 9.17) is 0 Å². The Morgan fingerprint density at radius 3 is 1.37 bits per heavy atom. The zero-order valence-electron chi connectivity index (χ0n) is 38.0. The molecule has 13 rings (SSSR count). The van der Waals surface area contributed by atoms with Crippen LogP contribution in [0.4, 0.5) is 17.1 Å². The van der Waals surface area contributed by atoms with E-state index in [2.05, 4.69) is 268 Å². The molecule has 0 unspecified atom stereocenters. The third kappa shape index (κ3) is 5.72. The molecule has 0 bridgehead atoms. The molecule has 1 aliphatic carbocycles. The standard InChI is InChI=1S/C64H49NSi2/c1-64(2)58-33-12-7-28-52(58)53-39-38-48(43-59(53)64)65(46-23-18-25-49(41-46)66(3)60-34-13-8-29-54(60)55-30-9-14-35-61(55)66)47-24-19-27-51(42-47)67(50-26-17-22-45(40-50)44-20-5-4-6-21-44)62-36-15-10-31-56(62)57-32-11-16-37-63(57)67/h4-43H,1-3H3. The van der Waals surface area contributed by atoms with Crippen LogP contribution in [0.1, 0.15) is 25.0 Å². The summed E-state index contributed by atoms with van der Waals surface area (Å²) in [6, 6.07) is 92.6. The number of benzene rings is 10. The highest BCUT2D eigenvalue weighted by Gasteiger charge is 2.49. The fraction of sp³-hybridized carbons (Fsp3) is 0.0625. The van der Waals surface area contributed by atoms with Gasteiger partial charge in [0, 0.05) is 22.5 Å². The Bertz CT molecular complexity index is 3510. The summed E-state index contributed by atoms with van der Waals surface area (Å²) < 4.78 is 0. The Labute approximate surface area is 396 Å². The highest BCUT2D eigenvalue weighted by atomic mass is 28.3. The molecule has 0 atom stereocenters. The van der Waals surface area contributed by atoms with Gasteiger partial charge in [-0.05, 0) is 128 Å². The summed E-state index contributed by atoms with van der Waals surface area (Å²) in [7, 11) is -5.28. The molecule has 67 heavy (non-hydrogen) atoms. The average molecular weight is 888 g/mol. The molecule has 2 heterocycles. The zero-order chi connectivity index (χ0) is 44.9. The Morgan fingerprint density at radius 2 is 0.746 bits per heavy atom. The van der Waals surface area contributed by atoms with E-state index in [0.717, 1.165) is 5.69 Å². The third-order valence-corrected chi connectivity index (χ3v) is 25.0. The van der Waals surface area contributed by atoms with Gasteiger partial charge < -0.3 is 4.90 Å². The Balaban J connectivity index is 1.06. The summed E-state index contributed by atoms with van der Waals surface area (Å²) in [4.78, 5) is 2.56. The summed E-state index contributed by atoms with van der Waals surface area (Å²) >= 11 is 0. The van der Waals surface area contributed by atoms with Gasteiger partial charge in [-0.25, -0.2) is 0 Å². The molecule has 0 aromatic heterocycles. The Morgan fingerprint density at radius 1 is 0.313 bits per heavy atom. The predicted octanol–water partition coefficient (Wildman–Crippen LogP) is 11.6. The van der Waals surface area contributed by atoms with Crippen molar-refractivity contribution in [2.24, 2.45) is 0 Å². The van der Waals surface area contributed by atoms with Crippen LogP contribution in [0.25, 0.3) is 44.5 Å². The van der Waals surface area contributed by atoms with E-state index in [0.29, 0.717) is 0 Å². The van der Waals surface area contributed by atoms with Crippen molar-refractivity contribution in [3.05, 3.63) is 254 Å². The van der Waals surface area contributed by atoms with Crippen LogP contribution in [0.3, 0.4) is 0 Å². The molecule has 10 aromatic rings. The first-order valence-corrected chi connectivity index (χ1v) is 28.2. The molecule has 0 saturated carbocycles. The number of nitrogens with zero attached hydrogens (tertiary/aromatic N) is 1. The van der Waals surface area contributed by atoms with Gasteiger partial charge in [-0.3, -0.25) is 0 Å². The van der Waals surface area contributed by atoms with Crippen molar-refractivity contribution in [1.29, 1.82) is 0 Å². The van der Waals surface area contributed by atoms with Crippen LogP contribution in [0.5, 0.6) is 0 Å². The monoisotopic (exact) mass is 887 g/mol. The van der Waals surface area contributed by atoms with E-state index in [1.54, 1.807) is 0 Å². The normalized spacial score (nSPS) is 14.9. The summed E-state index contributed by atoms with van der Waals surface area (Å²) in [5, 5.41) is 10.1. The molecule has 3 heteroatoms. The molecule has 0 N–H and O–H groups in total. The molecule has 0 radical (unpaired) electrons. The van der Waals surface area contributed by atoms with Crippen LogP contribution in [0.2, 0.25) is 6.55 Å². The maximum absolute atomic E-state index is 2.90. The topological polar surface area (TPSA) is 3.24 Å². The summed E-state index contributed by atoms with van der Waals surface area (Å²) in [5.74, 6) is 0. The minimum Gasteiger partial charge on any atom is -0.311 e. The van der Waals surface area contributed by atoms with E-state index >= 15 is 0 Å². The molecule has 0 saturated heterocycles. The van der Waals surface area contributed by atoms with Crippen molar-refractivity contribution in [1.82, 2.24) is 0 Å². The summed E-state index contributed by atoms with van der Waals surface area (Å²) in [6.45, 7) is 7.34. The van der Waals surface area contributed by atoms with Crippen molar-refractivity contribution < 1.29 is 0 Å². The zero-order valence-corrected chi connectivity index (χ0v) is 40.0. The highest BCUT2D eigenvalue weighted by molar-refractivity contribution is 7.22. The van der Waals surface area contributed by atoms with Crippen LogP contribution in [-0.4, -0.2) is 16.1 Å². The molecule has 1 nitrogen and oxygen atoms in total. The van der Waals surface area contributed by atoms with Crippen molar-refractivity contribution in [2.45, 2.75) is 25.8 Å². The second kappa shape index (κ2) is 15.0. The van der Waals surface area contributed by atoms with Gasteiger partial charge in [-0.15, -0.1) is 0 Å². The summed E-state index contributed by atoms with van der Waals surface area (Å²) in [5.41, 5.74) is 16.7. The first-order valence-electron chi connectivity index (χ1n) is 23.7. The third-order valence-electron chi connectivity index (χ3n) is 15.6. The number of hydrogen-bond donors (Lipinski definition) is 0. The SMILES string of the molecule is CC1(C)c2ccccc2-c2ccc(N(c3cccc([Si]4(C)c5ccccc5-c5ccccc54)c3)c3cccc([Si]4(c5cccc(-c6ccccc6)c5)c5ccccc5-c5ccccc54)c3)cc21. The van der Waals surface area contributed by atoms with Crippen molar-refractivity contribution >= 4 is 69.5 Å². The molecule has 0 amide bonds. The van der Waals surface area contributed by atoms with Crippen molar-refractivity contribution in [3.8, 4) is 44.5 Å².